The number of carbonyl (C=O) groups is 10. The van der Waals surface area contributed by atoms with Crippen molar-refractivity contribution in [2.24, 2.45) is 11.8 Å². The van der Waals surface area contributed by atoms with Crippen LogP contribution in [0.5, 0.6) is 23.0 Å². The van der Waals surface area contributed by atoms with Crippen molar-refractivity contribution in [3.05, 3.63) is 202 Å². The number of nitrogens with zero attached hydrogens (tertiary/aromatic N) is 11. The number of carbonyl (C=O) groups excluding carboxylic acids is 10. The summed E-state index contributed by atoms with van der Waals surface area (Å²) in [6, 6.07) is 39.7. The number of esters is 2. The summed E-state index contributed by atoms with van der Waals surface area (Å²) in [4.78, 5) is 158. The predicted molar refractivity (Wildman–Crippen MR) is 524 cm³/mol. The Bertz CT molecular complexity index is 5980. The SMILES string of the molecule is CC(C)(C)OC(=O)COCCBr.Cc1ncsc1-c1ccc(CNC(=O)[C@@H]2C[C@@H](O)CN2C(=O)[C@H](C(C)C)N2Cc3ccccc3C2=O)c(OCCOCC(=O)N2CCC(n3nc(-c4ccc(Oc5ccccc5)cc4)c4c(N)ncnc43)CC2)c1.Cc1ncsc1-c1ccc(CNC(=O)[C@@H]2C[C@@H](O)CN2C(=O)[C@H](C(C)C)N2Cc3ccccc3C2=O)c(OCCOCC(=O)OC(C)(C)C)c1.O=CO[O-].[Cs+].[Cs+].[H-]. The predicted octanol–water partition coefficient (Wildman–Crippen LogP) is 5.23. The van der Waals surface area contributed by atoms with Crippen molar-refractivity contribution < 1.29 is 245 Å². The first-order chi connectivity index (χ1) is 67.0. The van der Waals surface area contributed by atoms with Gasteiger partial charge in [-0.05, 0) is 163 Å². The molecule has 0 spiro atoms. The third kappa shape index (κ3) is 31.2. The van der Waals surface area contributed by atoms with Crippen LogP contribution in [0.25, 0.3) is 43.2 Å². The molecule has 6 aromatic carbocycles. The Labute approximate surface area is 960 Å². The Balaban J connectivity index is 0.000000285. The minimum atomic E-state index is -0.943. The molecular formula is C101H121BrCs2N14O22S2. The number of rotatable bonds is 35. The summed E-state index contributed by atoms with van der Waals surface area (Å²) >= 11 is 6.20. The minimum absolute atomic E-state index is 0. The monoisotopic (exact) mass is 2290 g/mol. The van der Waals surface area contributed by atoms with Gasteiger partial charge in [-0.2, -0.15) is 5.10 Å². The van der Waals surface area contributed by atoms with E-state index < -0.39 is 65.4 Å². The van der Waals surface area contributed by atoms with Crippen LogP contribution in [-0.2, 0) is 93.1 Å². The van der Waals surface area contributed by atoms with Gasteiger partial charge in [-0.1, -0.05) is 122 Å². The standard InChI is InChI=1S/C55H58N10O8S.C37H46N4O8S.C8H15BrO3.CH2O3.2Cs.H/c1-33(2)49(64-28-38-9-7-8-12-43(38)54(64)69)55(70)63-29-40(66)26-44(63)53(68)57-27-37-14-13-36(50-34(3)60-32-74-50)25-45(37)72-24-23-71-30-46(67)62-21-19-39(20-22-62)65-52-47(51(56)58-31-59-52)48(61-65)35-15-17-42(18-16-35)73-41-10-5-4-6-11-41;1-22(2)32(41-18-26-9-7-8-10-28(26)35(41)45)36(46)40-19-27(42)16-29(40)34(44)38-17-25-12-11-24(33-23(3)39-21-50-33)15-30(25)48-14-13-47-20-31(43)49-37(4,5)6;1-8(2,3)12-7(10)6-11-5-4-9;2-1-4-3;;;/h4-18,25,31-33,39-40,44,49,66H,19-24,26-30H2,1-3H3,(H,57,68)(H2,56,58,59);7-12,15,21-22,27,29,32,42H,13-14,16-20H2,1-6H3,(H,38,44);4-6H2,1-3H3;1,3H;;;/q;;;;2*+1;-1/p-1/t40-,44+,49+;27-,29+,32+;;;;;/m11...../s1. The molecule has 3 fully saturated rings. The largest absolute Gasteiger partial charge is 1.00 e. The number of piperidine rings is 1. The molecule has 4 aromatic heterocycles. The van der Waals surface area contributed by atoms with Gasteiger partial charge in [0.05, 0.1) is 75.6 Å². The van der Waals surface area contributed by atoms with Crippen LogP contribution >= 0.6 is 38.6 Å². The molecule has 10 aromatic rings. The summed E-state index contributed by atoms with van der Waals surface area (Å²) in [6.07, 6.45) is 1.10. The van der Waals surface area contributed by atoms with Crippen molar-refractivity contribution in [1.82, 2.24) is 64.8 Å². The van der Waals surface area contributed by atoms with Crippen molar-refractivity contribution in [2.75, 3.05) is 90.1 Å². The van der Waals surface area contributed by atoms with Gasteiger partial charge >= 0.3 is 150 Å². The Morgan fingerprint density at radius 3 is 1.45 bits per heavy atom. The molecule has 0 bridgehead atoms. The number of nitrogen functional groups attached to an aromatic ring is 1. The van der Waals surface area contributed by atoms with Gasteiger partial charge in [0.1, 0.15) is 109 Å². The molecule has 5 aliphatic rings. The average Bonchev–Trinajstić information content (AvgIpc) is 1.62. The molecule has 0 saturated carbocycles. The van der Waals surface area contributed by atoms with Crippen molar-refractivity contribution in [3.8, 4) is 55.1 Å². The van der Waals surface area contributed by atoms with Gasteiger partial charge in [0.2, 0.25) is 29.5 Å². The molecule has 142 heavy (non-hydrogen) atoms. The topological polar surface area (TPSA) is 453 Å². The smallest absolute Gasteiger partial charge is 1.00 e. The number of amides is 7. The summed E-state index contributed by atoms with van der Waals surface area (Å²) in [5, 5.41) is 42.2. The maximum absolute atomic E-state index is 14.3. The van der Waals surface area contributed by atoms with Crippen LogP contribution in [0.1, 0.15) is 157 Å². The molecule has 9 heterocycles. The molecule has 6 atom stereocenters. The number of alkyl halides is 1. The van der Waals surface area contributed by atoms with E-state index >= 15 is 0 Å². The fourth-order valence-corrected chi connectivity index (χ4v) is 19.0. The summed E-state index contributed by atoms with van der Waals surface area (Å²) in [5.41, 5.74) is 18.9. The number of ether oxygens (including phenoxy) is 8. The van der Waals surface area contributed by atoms with Gasteiger partial charge in [-0.15, -0.1) is 22.7 Å². The van der Waals surface area contributed by atoms with Crippen LogP contribution in [0.3, 0.4) is 0 Å². The number of likely N-dealkylation sites (tertiary alicyclic amines) is 3. The third-order valence-corrected chi connectivity index (χ3v) is 25.7. The number of aryl methyl sites for hydroxylation is 2. The third-order valence-electron chi connectivity index (χ3n) is 23.4. The van der Waals surface area contributed by atoms with E-state index in [-0.39, 0.29) is 284 Å². The molecule has 5 aliphatic heterocycles. The van der Waals surface area contributed by atoms with Crippen LogP contribution in [-0.4, -0.2) is 256 Å². The molecule has 36 nitrogen and oxygen atoms in total. The fourth-order valence-electron chi connectivity index (χ4n) is 17.1. The first kappa shape index (κ1) is 115. The Kier molecular flexibility index (Phi) is 44.4. The van der Waals surface area contributed by atoms with E-state index in [1.807, 2.05) is 182 Å². The Hall–Kier alpha value is -8.63. The number of aromatic nitrogens is 6. The maximum atomic E-state index is 14.3. The number of hydrogen-bond acceptors (Lipinski definition) is 30. The Morgan fingerprint density at radius 1 is 0.585 bits per heavy atom. The van der Waals surface area contributed by atoms with Gasteiger partial charge in [0.25, 0.3) is 18.3 Å². The van der Waals surface area contributed by atoms with E-state index in [4.69, 9.17) is 58.8 Å². The number of thiazole rings is 2. The second-order valence-electron chi connectivity index (χ2n) is 36.7. The van der Waals surface area contributed by atoms with Crippen molar-refractivity contribution in [2.45, 2.75) is 189 Å². The summed E-state index contributed by atoms with van der Waals surface area (Å²) in [7, 11) is 0. The quantitative estimate of drug-likeness (QED) is 0.00848. The number of nitrogens with one attached hydrogen (secondary N) is 2. The van der Waals surface area contributed by atoms with E-state index in [2.05, 4.69) is 51.4 Å². The van der Waals surface area contributed by atoms with Crippen molar-refractivity contribution in [1.29, 1.82) is 0 Å². The molecule has 15 rings (SSSR count). The number of aliphatic hydroxyl groups is 2. The van der Waals surface area contributed by atoms with E-state index in [1.54, 1.807) is 70.8 Å². The van der Waals surface area contributed by atoms with E-state index in [0.29, 0.717) is 108 Å². The van der Waals surface area contributed by atoms with Gasteiger partial charge in [0.15, 0.2) is 5.65 Å². The van der Waals surface area contributed by atoms with Crippen LogP contribution in [0.2, 0.25) is 0 Å². The zero-order valence-corrected chi connectivity index (χ0v) is 98.2. The molecule has 0 aliphatic carbocycles. The molecule has 0 radical (unpaired) electrons. The number of aliphatic hydroxyl groups excluding tert-OH is 2. The fraction of sp³-hybridized carbons (Fsp3) is 0.436. The second kappa shape index (κ2) is 54.7. The number of hydrogen-bond donors (Lipinski definition) is 5. The van der Waals surface area contributed by atoms with Gasteiger partial charge in [-0.25, -0.2) is 34.2 Å². The van der Waals surface area contributed by atoms with Gasteiger partial charge < -0.3 is 101 Å². The van der Waals surface area contributed by atoms with E-state index in [9.17, 15) is 53.4 Å². The summed E-state index contributed by atoms with van der Waals surface area (Å²) in [5.74, 6) is -0.615. The number of nitrogens with two attached hydrogens (primary N) is 1. The number of benzene rings is 6. The van der Waals surface area contributed by atoms with Gasteiger partial charge in [-0.3, -0.25) is 38.4 Å². The number of halogens is 1. The molecule has 6 N–H and O–H groups in total. The van der Waals surface area contributed by atoms with Crippen molar-refractivity contribution in [3.63, 3.8) is 0 Å². The maximum Gasteiger partial charge on any atom is 1.00 e. The van der Waals surface area contributed by atoms with E-state index in [1.165, 1.54) is 38.8 Å². The molecule has 748 valence electrons. The molecule has 7 amide bonds. The average molecular weight is 2290 g/mol. The molecule has 3 saturated heterocycles. The molecule has 41 heteroatoms. The molecular weight excluding hydrogens is 2170 g/mol. The van der Waals surface area contributed by atoms with Crippen LogP contribution < -0.4 is 174 Å². The number of anilines is 1. The number of β-amino-alcohol motifs (C(OH)–C–C–N with tert-alkyl or cyclic N) is 2. The van der Waals surface area contributed by atoms with Crippen LogP contribution in [0, 0.1) is 25.7 Å². The van der Waals surface area contributed by atoms with Crippen molar-refractivity contribution >= 4 is 115 Å². The zero-order chi connectivity index (χ0) is 101. The minimum Gasteiger partial charge on any atom is -1.00 e. The van der Waals surface area contributed by atoms with Gasteiger partial charge in [0, 0.05) is 98.3 Å². The second-order valence-corrected chi connectivity index (χ2v) is 39.2. The number of fused-ring (bicyclic) bond motifs is 3. The summed E-state index contributed by atoms with van der Waals surface area (Å²) in [6.45, 7) is 24.5. The molecule has 0 unspecified atom stereocenters. The van der Waals surface area contributed by atoms with E-state index in [0.717, 1.165) is 60.0 Å². The zero-order valence-electron chi connectivity index (χ0n) is 83.4. The summed E-state index contributed by atoms with van der Waals surface area (Å²) < 4.78 is 46.9. The van der Waals surface area contributed by atoms with Crippen LogP contribution in [0.4, 0.5) is 5.82 Å². The van der Waals surface area contributed by atoms with Crippen LogP contribution in [0.15, 0.2) is 157 Å². The first-order valence-electron chi connectivity index (χ1n) is 46.2. The number of para-hydroxylation sites is 1. The normalized spacial score (nSPS) is 16.4. The Morgan fingerprint density at radius 2 is 1.02 bits per heavy atom. The first-order valence-corrected chi connectivity index (χ1v) is 49.1.